The second-order valence-electron chi connectivity index (χ2n) is 4.06. The molecule has 17 heavy (non-hydrogen) atoms. The minimum atomic E-state index is 0.0341. The van der Waals surface area contributed by atoms with Gasteiger partial charge < -0.3 is 10.3 Å². The highest BCUT2D eigenvalue weighted by atomic mass is 79.9. The maximum absolute atomic E-state index is 5.89. The molecule has 90 valence electrons. The monoisotopic (exact) mass is 293 g/mol. The van der Waals surface area contributed by atoms with Gasteiger partial charge in [-0.2, -0.15) is 0 Å². The lowest BCUT2D eigenvalue weighted by atomic mass is 10.1. The molecule has 0 aliphatic heterocycles. The van der Waals surface area contributed by atoms with Gasteiger partial charge in [-0.15, -0.1) is 0 Å². The van der Waals surface area contributed by atoms with E-state index in [4.69, 9.17) is 5.73 Å². The van der Waals surface area contributed by atoms with Crippen LogP contribution in [0.2, 0.25) is 0 Å². The van der Waals surface area contributed by atoms with Crippen molar-refractivity contribution in [2.24, 2.45) is 5.73 Å². The van der Waals surface area contributed by atoms with E-state index in [1.807, 2.05) is 19.3 Å². The highest BCUT2D eigenvalue weighted by Crippen LogP contribution is 2.25. The Balaban J connectivity index is 2.45. The first kappa shape index (κ1) is 12.3. The third kappa shape index (κ3) is 2.42. The summed E-state index contributed by atoms with van der Waals surface area (Å²) in [5.74, 6) is 1.06. The first-order valence-corrected chi connectivity index (χ1v) is 6.50. The van der Waals surface area contributed by atoms with Crippen LogP contribution in [0.25, 0.3) is 5.69 Å². The molecule has 2 N–H and O–H groups in total. The zero-order valence-corrected chi connectivity index (χ0v) is 11.6. The normalized spacial score (nSPS) is 12.7. The lowest BCUT2D eigenvalue weighted by Crippen LogP contribution is -2.06. The van der Waals surface area contributed by atoms with E-state index in [1.54, 1.807) is 0 Å². The van der Waals surface area contributed by atoms with Crippen LogP contribution in [0.4, 0.5) is 0 Å². The number of rotatable bonds is 3. The van der Waals surface area contributed by atoms with Gasteiger partial charge in [0.25, 0.3) is 0 Å². The quantitative estimate of drug-likeness (QED) is 0.944. The van der Waals surface area contributed by atoms with Gasteiger partial charge in [-0.3, -0.25) is 0 Å². The second-order valence-corrected chi connectivity index (χ2v) is 4.92. The Morgan fingerprint density at radius 1 is 1.47 bits per heavy atom. The summed E-state index contributed by atoms with van der Waals surface area (Å²) in [4.78, 5) is 4.32. The molecule has 2 aromatic rings. The van der Waals surface area contributed by atoms with Gasteiger partial charge in [-0.05, 0) is 24.6 Å². The number of nitrogens with zero attached hydrogens (tertiary/aromatic N) is 2. The molecule has 2 rings (SSSR count). The van der Waals surface area contributed by atoms with E-state index in [-0.39, 0.29) is 6.04 Å². The van der Waals surface area contributed by atoms with Crippen molar-refractivity contribution in [1.29, 1.82) is 0 Å². The largest absolute Gasteiger partial charge is 0.324 e. The zero-order chi connectivity index (χ0) is 12.4. The highest BCUT2D eigenvalue weighted by Gasteiger charge is 2.08. The third-order valence-corrected chi connectivity index (χ3v) is 3.47. The molecule has 0 saturated heterocycles. The Kier molecular flexibility index (Phi) is 3.64. The fraction of sp³-hybridized carbons (Fsp3) is 0.308. The number of aryl methyl sites for hydroxylation is 1. The fourth-order valence-corrected chi connectivity index (χ4v) is 2.59. The third-order valence-electron chi connectivity index (χ3n) is 2.79. The summed E-state index contributed by atoms with van der Waals surface area (Å²) in [5, 5.41) is 0. The molecule has 0 aliphatic rings. The van der Waals surface area contributed by atoms with Crippen LogP contribution in [-0.2, 0) is 6.42 Å². The van der Waals surface area contributed by atoms with Crippen molar-refractivity contribution in [3.8, 4) is 5.69 Å². The van der Waals surface area contributed by atoms with Crippen molar-refractivity contribution >= 4 is 15.9 Å². The van der Waals surface area contributed by atoms with Crippen molar-refractivity contribution < 1.29 is 0 Å². The fourth-order valence-electron chi connectivity index (χ4n) is 1.87. The molecule has 0 bridgehead atoms. The van der Waals surface area contributed by atoms with Gasteiger partial charge in [-0.1, -0.05) is 28.9 Å². The summed E-state index contributed by atoms with van der Waals surface area (Å²) in [6.45, 7) is 4.08. The molecular weight excluding hydrogens is 278 g/mol. The number of imidazole rings is 1. The van der Waals surface area contributed by atoms with E-state index < -0.39 is 0 Å². The van der Waals surface area contributed by atoms with Crippen LogP contribution in [0, 0.1) is 0 Å². The Morgan fingerprint density at radius 3 is 2.82 bits per heavy atom. The smallest absolute Gasteiger partial charge is 0.112 e. The molecule has 0 unspecified atom stereocenters. The number of benzene rings is 1. The molecular formula is C13H16BrN3. The van der Waals surface area contributed by atoms with Gasteiger partial charge in [0, 0.05) is 35.0 Å². The second kappa shape index (κ2) is 5.02. The van der Waals surface area contributed by atoms with E-state index in [2.05, 4.69) is 50.6 Å². The highest BCUT2D eigenvalue weighted by molar-refractivity contribution is 9.10. The first-order valence-electron chi connectivity index (χ1n) is 5.71. The molecule has 0 aliphatic carbocycles. The van der Waals surface area contributed by atoms with Crippen molar-refractivity contribution in [2.75, 3.05) is 0 Å². The minimum Gasteiger partial charge on any atom is -0.324 e. The molecule has 3 nitrogen and oxygen atoms in total. The zero-order valence-electron chi connectivity index (χ0n) is 10.0. The number of nitrogens with two attached hydrogens (primary N) is 1. The van der Waals surface area contributed by atoms with E-state index in [0.717, 1.165) is 28.0 Å². The molecule has 0 saturated carbocycles. The topological polar surface area (TPSA) is 43.8 Å². The molecule has 0 fully saturated rings. The predicted octanol–water partition coefficient (Wildman–Crippen LogP) is 3.22. The Hall–Kier alpha value is -1.13. The van der Waals surface area contributed by atoms with Crippen LogP contribution in [0.15, 0.2) is 35.1 Å². The number of hydrogen-bond donors (Lipinski definition) is 1. The predicted molar refractivity (Wildman–Crippen MR) is 73.2 cm³/mol. The molecule has 1 atom stereocenters. The average molecular weight is 294 g/mol. The number of aromatic nitrogens is 2. The van der Waals surface area contributed by atoms with Gasteiger partial charge in [-0.25, -0.2) is 4.98 Å². The summed E-state index contributed by atoms with van der Waals surface area (Å²) in [6.07, 6.45) is 4.72. The van der Waals surface area contributed by atoms with Crippen LogP contribution >= 0.6 is 15.9 Å². The maximum Gasteiger partial charge on any atom is 0.112 e. The van der Waals surface area contributed by atoms with Crippen LogP contribution in [-0.4, -0.2) is 9.55 Å². The van der Waals surface area contributed by atoms with Crippen molar-refractivity contribution in [3.05, 3.63) is 46.5 Å². The summed E-state index contributed by atoms with van der Waals surface area (Å²) in [7, 11) is 0. The first-order chi connectivity index (χ1) is 8.13. The van der Waals surface area contributed by atoms with Crippen molar-refractivity contribution in [3.63, 3.8) is 0 Å². The van der Waals surface area contributed by atoms with Gasteiger partial charge in [0.05, 0.1) is 0 Å². The number of hydrogen-bond acceptors (Lipinski definition) is 2. The number of halogens is 1. The molecule has 1 aromatic heterocycles. The van der Waals surface area contributed by atoms with Crippen molar-refractivity contribution in [2.45, 2.75) is 26.3 Å². The summed E-state index contributed by atoms with van der Waals surface area (Å²) < 4.78 is 3.14. The van der Waals surface area contributed by atoms with Crippen LogP contribution < -0.4 is 5.73 Å². The Labute approximate surface area is 110 Å². The Bertz CT molecular complexity index is 517. The van der Waals surface area contributed by atoms with Crippen LogP contribution in [0.5, 0.6) is 0 Å². The van der Waals surface area contributed by atoms with Crippen LogP contribution in [0.3, 0.4) is 0 Å². The van der Waals surface area contributed by atoms with Crippen LogP contribution in [0.1, 0.15) is 31.3 Å². The molecule has 4 heteroatoms. The summed E-state index contributed by atoms with van der Waals surface area (Å²) in [6, 6.07) is 6.25. The minimum absolute atomic E-state index is 0.0341. The molecule has 0 spiro atoms. The standard InChI is InChI=1S/C13H16BrN3/c1-3-13-16-6-7-17(13)10-4-5-11(9(2)15)12(14)8-10/h4-9H,3,15H2,1-2H3/t9-/m0/s1. The van der Waals surface area contributed by atoms with Gasteiger partial charge in [0.1, 0.15) is 5.82 Å². The lowest BCUT2D eigenvalue weighted by Gasteiger charge is -2.12. The molecule has 0 radical (unpaired) electrons. The van der Waals surface area contributed by atoms with E-state index >= 15 is 0 Å². The lowest BCUT2D eigenvalue weighted by molar-refractivity contribution is 0.810. The van der Waals surface area contributed by atoms with Gasteiger partial charge >= 0.3 is 0 Å². The Morgan fingerprint density at radius 2 is 2.24 bits per heavy atom. The van der Waals surface area contributed by atoms with E-state index in [0.29, 0.717) is 0 Å². The van der Waals surface area contributed by atoms with E-state index in [9.17, 15) is 0 Å². The average Bonchev–Trinajstić information content (AvgIpc) is 2.76. The van der Waals surface area contributed by atoms with Gasteiger partial charge in [0.2, 0.25) is 0 Å². The van der Waals surface area contributed by atoms with E-state index in [1.165, 1.54) is 0 Å². The summed E-state index contributed by atoms with van der Waals surface area (Å²) >= 11 is 3.57. The SMILES string of the molecule is CCc1nccn1-c1ccc([C@H](C)N)c(Br)c1. The maximum atomic E-state index is 5.89. The molecule has 1 aromatic carbocycles. The summed E-state index contributed by atoms with van der Waals surface area (Å²) in [5.41, 5.74) is 8.11. The van der Waals surface area contributed by atoms with Gasteiger partial charge in [0.15, 0.2) is 0 Å². The molecule has 0 amide bonds. The van der Waals surface area contributed by atoms with Crippen molar-refractivity contribution in [1.82, 2.24) is 9.55 Å². The molecule has 1 heterocycles.